The van der Waals surface area contributed by atoms with Crippen LogP contribution in [0.2, 0.25) is 0 Å². The molecule has 38 heavy (non-hydrogen) atoms. The van der Waals surface area contributed by atoms with Gasteiger partial charge in [0, 0.05) is 17.3 Å². The van der Waals surface area contributed by atoms with E-state index in [4.69, 9.17) is 5.73 Å². The van der Waals surface area contributed by atoms with Crippen molar-refractivity contribution in [1.29, 1.82) is 0 Å². The molecule has 0 aromatic carbocycles. The van der Waals surface area contributed by atoms with Crippen LogP contribution in [0.4, 0.5) is 9.52 Å². The standard InChI is InChI=1S/C19H22FN11O5S2/c1-31(2,6-10-24-28-29-25-10)5-3-4-9-7-37-17-12(16(33)30(17)13(9)18(34)35)22-15(32)11(26-36-8-20)14-23-19(21)38-27-14/h3-4,12,17H,5-8H2,1-2H3,(H4-,21,22,23,24,25,27,28,29,32,34,35)/b4-3+,26-11-/t12-,17-/m1/s1. The number of anilines is 1. The van der Waals surface area contributed by atoms with Crippen LogP contribution < -0.4 is 16.2 Å². The molecular formula is C19H22FN11O5S2. The molecule has 2 aliphatic heterocycles. The highest BCUT2D eigenvalue weighted by Gasteiger charge is 2.53. The van der Waals surface area contributed by atoms with Crippen LogP contribution in [-0.4, -0.2) is 108 Å². The highest BCUT2D eigenvalue weighted by atomic mass is 32.2. The number of amides is 2. The summed E-state index contributed by atoms with van der Waals surface area (Å²) in [5.41, 5.74) is 5.17. The smallest absolute Gasteiger partial charge is 0.278 e. The van der Waals surface area contributed by atoms with Gasteiger partial charge in [-0.2, -0.15) is 14.6 Å². The third kappa shape index (κ3) is 5.78. The van der Waals surface area contributed by atoms with Crippen LogP contribution in [0.5, 0.6) is 0 Å². The van der Waals surface area contributed by atoms with E-state index in [1.807, 2.05) is 14.1 Å². The van der Waals surface area contributed by atoms with Crippen LogP contribution in [0.25, 0.3) is 0 Å². The first-order chi connectivity index (χ1) is 18.1. The average Bonchev–Trinajstić information content (AvgIpc) is 3.53. The Balaban J connectivity index is 1.46. The van der Waals surface area contributed by atoms with Crippen molar-refractivity contribution in [2.24, 2.45) is 5.16 Å². The van der Waals surface area contributed by atoms with Gasteiger partial charge in [0.05, 0.1) is 32.3 Å². The summed E-state index contributed by atoms with van der Waals surface area (Å²) in [5.74, 6) is -2.52. The number of tetrazole rings is 1. The van der Waals surface area contributed by atoms with Crippen LogP contribution in [-0.2, 0) is 25.8 Å². The van der Waals surface area contributed by atoms with Gasteiger partial charge in [0.2, 0.25) is 17.4 Å². The summed E-state index contributed by atoms with van der Waals surface area (Å²) in [6.07, 6.45) is 3.43. The van der Waals surface area contributed by atoms with Crippen molar-refractivity contribution in [2.45, 2.75) is 18.0 Å². The molecule has 2 amide bonds. The number of fused-ring (bicyclic) bond motifs is 1. The van der Waals surface area contributed by atoms with Gasteiger partial charge in [-0.1, -0.05) is 11.2 Å². The number of halogens is 1. The van der Waals surface area contributed by atoms with E-state index in [2.05, 4.69) is 45.3 Å². The molecule has 0 saturated carbocycles. The Labute approximate surface area is 222 Å². The van der Waals surface area contributed by atoms with Crippen molar-refractivity contribution >= 4 is 51.9 Å². The zero-order valence-corrected chi connectivity index (χ0v) is 21.7. The van der Waals surface area contributed by atoms with E-state index in [9.17, 15) is 23.9 Å². The number of hydrogen-bond donors (Lipinski definition) is 3. The molecule has 2 aromatic heterocycles. The number of alkyl halides is 1. The summed E-state index contributed by atoms with van der Waals surface area (Å²) in [6, 6.07) is -1.08. The number of thioether (sulfide) groups is 1. The zero-order valence-electron chi connectivity index (χ0n) is 20.0. The van der Waals surface area contributed by atoms with Crippen molar-refractivity contribution in [3.63, 3.8) is 0 Å². The molecule has 0 unspecified atom stereocenters. The lowest BCUT2D eigenvalue weighted by atomic mass is 10.0. The highest BCUT2D eigenvalue weighted by molar-refractivity contribution is 8.00. The summed E-state index contributed by atoms with van der Waals surface area (Å²) in [6.45, 7) is -0.313. The Kier molecular flexibility index (Phi) is 7.97. The number of β-lactam (4-membered cyclic amide) rings is 1. The topological polar surface area (TPSA) is 217 Å². The third-order valence-electron chi connectivity index (χ3n) is 5.43. The number of carbonyl (C=O) groups is 3. The number of rotatable bonds is 11. The molecule has 4 heterocycles. The monoisotopic (exact) mass is 567 g/mol. The molecule has 202 valence electrons. The molecule has 2 aromatic rings. The zero-order chi connectivity index (χ0) is 27.4. The molecule has 2 atom stereocenters. The van der Waals surface area contributed by atoms with Crippen molar-refractivity contribution < 1.29 is 33.2 Å². The first-order valence-electron chi connectivity index (χ1n) is 10.9. The van der Waals surface area contributed by atoms with E-state index >= 15 is 0 Å². The van der Waals surface area contributed by atoms with Crippen molar-refractivity contribution in [3.8, 4) is 0 Å². The van der Waals surface area contributed by atoms with Gasteiger partial charge in [0.15, 0.2) is 5.13 Å². The van der Waals surface area contributed by atoms with E-state index in [-0.39, 0.29) is 22.4 Å². The number of oxime groups is 1. The first-order valence-corrected chi connectivity index (χ1v) is 12.7. The predicted molar refractivity (Wildman–Crippen MR) is 129 cm³/mol. The first kappa shape index (κ1) is 27.1. The summed E-state index contributed by atoms with van der Waals surface area (Å²) in [7, 11) is 3.89. The summed E-state index contributed by atoms with van der Waals surface area (Å²) >= 11 is 2.04. The number of carboxylic acid groups (broad SMARTS) is 1. The lowest BCUT2D eigenvalue weighted by molar-refractivity contribution is -0.898. The molecule has 0 spiro atoms. The van der Waals surface area contributed by atoms with Gasteiger partial charge in [-0.3, -0.25) is 14.5 Å². The van der Waals surface area contributed by atoms with Gasteiger partial charge >= 0.3 is 0 Å². The largest absolute Gasteiger partial charge is 0.543 e. The Morgan fingerprint density at radius 3 is 2.87 bits per heavy atom. The number of nitrogens with zero attached hydrogens (tertiary/aromatic N) is 8. The molecule has 0 radical (unpaired) electrons. The third-order valence-corrected chi connectivity index (χ3v) is 7.27. The minimum absolute atomic E-state index is 0.0378. The Morgan fingerprint density at radius 2 is 2.24 bits per heavy atom. The van der Waals surface area contributed by atoms with Gasteiger partial charge in [-0.25, -0.2) is 4.39 Å². The predicted octanol–water partition coefficient (Wildman–Crippen LogP) is -2.48. The Bertz CT molecular complexity index is 1310. The van der Waals surface area contributed by atoms with E-state index < -0.39 is 41.8 Å². The number of quaternary nitrogens is 1. The lowest BCUT2D eigenvalue weighted by Crippen LogP contribution is -2.71. The number of H-pyrrole nitrogens is 1. The number of aromatic nitrogens is 6. The number of carboxylic acids is 1. The number of likely N-dealkylation sites (N-methyl/N-ethyl adjacent to an activating group) is 1. The quantitative estimate of drug-likeness (QED) is 0.111. The lowest BCUT2D eigenvalue weighted by Gasteiger charge is -2.50. The molecule has 4 N–H and O–H groups in total. The van der Waals surface area contributed by atoms with Crippen LogP contribution in [0.15, 0.2) is 28.6 Å². The molecule has 0 bridgehead atoms. The molecule has 0 aliphatic carbocycles. The van der Waals surface area contributed by atoms with E-state index in [1.54, 1.807) is 12.2 Å². The molecule has 16 nitrogen and oxygen atoms in total. The number of allylic oxidation sites excluding steroid dienone is 1. The minimum Gasteiger partial charge on any atom is -0.543 e. The van der Waals surface area contributed by atoms with E-state index in [0.29, 0.717) is 29.0 Å². The number of aliphatic carboxylic acids is 1. The molecule has 1 saturated heterocycles. The fourth-order valence-electron chi connectivity index (χ4n) is 3.75. The summed E-state index contributed by atoms with van der Waals surface area (Å²) in [5, 5.41) is 31.0. The number of nitrogens with two attached hydrogens (primary N) is 1. The fourth-order valence-corrected chi connectivity index (χ4v) is 5.50. The van der Waals surface area contributed by atoms with Gasteiger partial charge < -0.3 is 30.3 Å². The van der Waals surface area contributed by atoms with E-state index in [0.717, 1.165) is 16.4 Å². The molecule has 2 aliphatic rings. The molecule has 4 rings (SSSR count). The maximum atomic E-state index is 12.9. The Hall–Kier alpha value is -3.97. The minimum atomic E-state index is -1.52. The summed E-state index contributed by atoms with van der Waals surface area (Å²) in [4.78, 5) is 46.9. The van der Waals surface area contributed by atoms with Crippen LogP contribution in [0.1, 0.15) is 11.6 Å². The van der Waals surface area contributed by atoms with Crippen molar-refractivity contribution in [1.82, 2.24) is 40.2 Å². The Morgan fingerprint density at radius 1 is 1.45 bits per heavy atom. The average molecular weight is 568 g/mol. The molecule has 19 heteroatoms. The molecule has 1 fully saturated rings. The van der Waals surface area contributed by atoms with Crippen molar-refractivity contribution in [3.05, 3.63) is 35.1 Å². The normalized spacial score (nSPS) is 19.9. The van der Waals surface area contributed by atoms with Gasteiger partial charge in [0.25, 0.3) is 18.7 Å². The van der Waals surface area contributed by atoms with Gasteiger partial charge in [0.1, 0.15) is 18.0 Å². The number of nitrogens with one attached hydrogen (secondary N) is 2. The second-order valence-electron chi connectivity index (χ2n) is 8.66. The maximum Gasteiger partial charge on any atom is 0.278 e. The number of aromatic amines is 1. The number of carbonyl (C=O) groups excluding carboxylic acids is 3. The maximum absolute atomic E-state index is 12.9. The SMILES string of the molecule is C[N+](C)(C/C=C/C1=C(C(=O)[O-])N2C(=O)[C@@H](NC(=O)/C(=N\OCF)c3nsc(N)n3)[C@H]2SC1)Cc1nn[nH]n1. The molecular weight excluding hydrogens is 545 g/mol. The van der Waals surface area contributed by atoms with Crippen LogP contribution in [0.3, 0.4) is 0 Å². The second-order valence-corrected chi connectivity index (χ2v) is 10.6. The van der Waals surface area contributed by atoms with E-state index in [1.165, 1.54) is 11.8 Å². The second kappa shape index (κ2) is 11.2. The van der Waals surface area contributed by atoms with Crippen LogP contribution >= 0.6 is 23.3 Å². The number of nitrogen functional groups attached to an aromatic ring is 1. The summed E-state index contributed by atoms with van der Waals surface area (Å²) < 4.78 is 16.8. The fraction of sp³-hybridized carbons (Fsp3) is 0.421. The van der Waals surface area contributed by atoms with Gasteiger partial charge in [-0.05, 0) is 16.9 Å². The van der Waals surface area contributed by atoms with Gasteiger partial charge in [-0.15, -0.1) is 22.0 Å². The highest BCUT2D eigenvalue weighted by Crippen LogP contribution is 2.40. The number of hydrogen-bond acceptors (Lipinski definition) is 14. The van der Waals surface area contributed by atoms with Crippen LogP contribution in [0, 0.1) is 0 Å². The van der Waals surface area contributed by atoms with Crippen molar-refractivity contribution in [2.75, 3.05) is 39.0 Å².